The Balaban J connectivity index is 1.65. The number of nitrogens with one attached hydrogen (secondary N) is 1. The van der Waals surface area contributed by atoms with Gasteiger partial charge in [0.05, 0.1) is 18.0 Å². The maximum absolute atomic E-state index is 5.95. The summed E-state index contributed by atoms with van der Waals surface area (Å²) < 4.78 is 8.08. The molecule has 0 bridgehead atoms. The molecule has 1 N–H and O–H groups in total. The molecule has 2 aromatic rings. The molecule has 1 aliphatic heterocycles. The van der Waals surface area contributed by atoms with Crippen molar-refractivity contribution >= 4 is 5.78 Å². The number of imidazole rings is 1. The molecule has 0 aromatic carbocycles. The first-order valence-electron chi connectivity index (χ1n) is 8.49. The van der Waals surface area contributed by atoms with E-state index in [4.69, 9.17) is 4.74 Å². The summed E-state index contributed by atoms with van der Waals surface area (Å²) in [7, 11) is 0. The monoisotopic (exact) mass is 316 g/mol. The van der Waals surface area contributed by atoms with Crippen molar-refractivity contribution in [3.63, 3.8) is 0 Å². The molecule has 3 rings (SSSR count). The van der Waals surface area contributed by atoms with E-state index < -0.39 is 0 Å². The van der Waals surface area contributed by atoms with Gasteiger partial charge in [0.1, 0.15) is 0 Å². The van der Waals surface area contributed by atoms with Crippen LogP contribution in [-0.4, -0.2) is 33.6 Å². The van der Waals surface area contributed by atoms with Crippen molar-refractivity contribution in [2.24, 2.45) is 11.3 Å². The lowest BCUT2D eigenvalue weighted by Crippen LogP contribution is -2.36. The molecule has 0 amide bonds. The van der Waals surface area contributed by atoms with Gasteiger partial charge in [0.2, 0.25) is 5.78 Å². The van der Waals surface area contributed by atoms with Crippen LogP contribution in [0.4, 0.5) is 0 Å². The van der Waals surface area contributed by atoms with Crippen LogP contribution in [0.1, 0.15) is 44.3 Å². The Kier molecular flexibility index (Phi) is 4.43. The summed E-state index contributed by atoms with van der Waals surface area (Å²) in [5.74, 6) is 1.37. The molecule has 5 heteroatoms. The summed E-state index contributed by atoms with van der Waals surface area (Å²) in [6.07, 6.45) is 3.40. The van der Waals surface area contributed by atoms with Gasteiger partial charge < -0.3 is 10.1 Å². The summed E-state index contributed by atoms with van der Waals surface area (Å²) in [4.78, 5) is 8.92. The standard InChI is InChI=1S/C18H28N4O/c1-12-8-13(2)22-15(11-20-17(22)21-12)10-19-9-14-6-7-23-16(14)18(3,4)5/h8,11,14,16,19H,6-7,9-10H2,1-5H3/t14-,16-/m1/s1. The van der Waals surface area contributed by atoms with Gasteiger partial charge in [0, 0.05) is 37.0 Å². The molecule has 1 aliphatic rings. The number of hydrogen-bond donors (Lipinski definition) is 1. The van der Waals surface area contributed by atoms with Crippen molar-refractivity contribution < 1.29 is 4.74 Å². The molecule has 2 aromatic heterocycles. The quantitative estimate of drug-likeness (QED) is 0.942. The van der Waals surface area contributed by atoms with E-state index >= 15 is 0 Å². The zero-order valence-corrected chi connectivity index (χ0v) is 14.9. The largest absolute Gasteiger partial charge is 0.377 e. The van der Waals surface area contributed by atoms with Gasteiger partial charge in [0.15, 0.2) is 0 Å². The summed E-state index contributed by atoms with van der Waals surface area (Å²) >= 11 is 0. The highest BCUT2D eigenvalue weighted by Crippen LogP contribution is 2.34. The smallest absolute Gasteiger partial charge is 0.234 e. The minimum absolute atomic E-state index is 0.199. The number of aromatic nitrogens is 3. The molecule has 1 saturated heterocycles. The zero-order chi connectivity index (χ0) is 16.6. The third kappa shape index (κ3) is 3.40. The number of ether oxygens (including phenoxy) is 1. The number of aryl methyl sites for hydroxylation is 2. The molecule has 3 heterocycles. The maximum atomic E-state index is 5.95. The fraction of sp³-hybridized carbons (Fsp3) is 0.667. The lowest BCUT2D eigenvalue weighted by molar-refractivity contribution is 0.00719. The molecule has 0 unspecified atom stereocenters. The van der Waals surface area contributed by atoms with Gasteiger partial charge in [-0.25, -0.2) is 9.97 Å². The molecule has 2 atom stereocenters. The summed E-state index contributed by atoms with van der Waals surface area (Å²) in [6, 6.07) is 2.10. The molecule has 126 valence electrons. The van der Waals surface area contributed by atoms with Crippen molar-refractivity contribution in [3.05, 3.63) is 29.3 Å². The first kappa shape index (κ1) is 16.4. The Labute approximate surface area is 138 Å². The van der Waals surface area contributed by atoms with Crippen LogP contribution < -0.4 is 5.32 Å². The van der Waals surface area contributed by atoms with Crippen LogP contribution in [0.2, 0.25) is 0 Å². The van der Waals surface area contributed by atoms with Crippen LogP contribution in [-0.2, 0) is 11.3 Å². The highest BCUT2D eigenvalue weighted by Gasteiger charge is 2.36. The molecule has 1 fully saturated rings. The average Bonchev–Trinajstić information content (AvgIpc) is 3.05. The van der Waals surface area contributed by atoms with Crippen LogP contribution in [0, 0.1) is 25.2 Å². The fourth-order valence-electron chi connectivity index (χ4n) is 3.71. The normalized spacial score (nSPS) is 22.1. The SMILES string of the molecule is Cc1cc(C)n2c(CNC[C@H]3CCO[C@H]3C(C)(C)C)cnc2n1. The van der Waals surface area contributed by atoms with E-state index in [0.717, 1.165) is 43.3 Å². The van der Waals surface area contributed by atoms with Crippen molar-refractivity contribution in [1.82, 2.24) is 19.7 Å². The van der Waals surface area contributed by atoms with Crippen molar-refractivity contribution in [2.75, 3.05) is 13.2 Å². The van der Waals surface area contributed by atoms with E-state index in [0.29, 0.717) is 12.0 Å². The molecule has 0 saturated carbocycles. The molecule has 23 heavy (non-hydrogen) atoms. The second kappa shape index (κ2) is 6.21. The Bertz CT molecular complexity index is 686. The second-order valence-electron chi connectivity index (χ2n) is 7.76. The van der Waals surface area contributed by atoms with Gasteiger partial charge in [-0.2, -0.15) is 0 Å². The van der Waals surface area contributed by atoms with E-state index in [2.05, 4.69) is 53.4 Å². The summed E-state index contributed by atoms with van der Waals surface area (Å²) in [5.41, 5.74) is 3.55. The Morgan fingerprint density at radius 2 is 2.13 bits per heavy atom. The Morgan fingerprint density at radius 3 is 2.87 bits per heavy atom. The first-order chi connectivity index (χ1) is 10.9. The predicted molar refractivity (Wildman–Crippen MR) is 91.5 cm³/mol. The summed E-state index contributed by atoms with van der Waals surface area (Å²) in [5, 5.41) is 3.60. The minimum atomic E-state index is 0.199. The average molecular weight is 316 g/mol. The molecular formula is C18H28N4O. The van der Waals surface area contributed by atoms with Gasteiger partial charge in [-0.05, 0) is 31.7 Å². The number of nitrogens with zero attached hydrogens (tertiary/aromatic N) is 3. The third-order valence-corrected chi connectivity index (χ3v) is 4.64. The van der Waals surface area contributed by atoms with Crippen molar-refractivity contribution in [1.29, 1.82) is 0 Å². The molecule has 0 radical (unpaired) electrons. The van der Waals surface area contributed by atoms with Crippen LogP contribution >= 0.6 is 0 Å². The fourth-order valence-corrected chi connectivity index (χ4v) is 3.71. The van der Waals surface area contributed by atoms with E-state index in [1.807, 2.05) is 13.1 Å². The van der Waals surface area contributed by atoms with Crippen LogP contribution in [0.5, 0.6) is 0 Å². The molecule has 0 aliphatic carbocycles. The maximum Gasteiger partial charge on any atom is 0.234 e. The van der Waals surface area contributed by atoms with Gasteiger partial charge in [-0.1, -0.05) is 20.8 Å². The number of fused-ring (bicyclic) bond motifs is 1. The predicted octanol–water partition coefficient (Wildman–Crippen LogP) is 2.89. The second-order valence-corrected chi connectivity index (χ2v) is 7.76. The molecular weight excluding hydrogens is 288 g/mol. The lowest BCUT2D eigenvalue weighted by Gasteiger charge is -2.31. The molecule has 0 spiro atoms. The Morgan fingerprint density at radius 1 is 1.35 bits per heavy atom. The van der Waals surface area contributed by atoms with Crippen LogP contribution in [0.3, 0.4) is 0 Å². The van der Waals surface area contributed by atoms with Crippen LogP contribution in [0.15, 0.2) is 12.3 Å². The van der Waals surface area contributed by atoms with Gasteiger partial charge >= 0.3 is 0 Å². The Hall–Kier alpha value is -1.46. The van der Waals surface area contributed by atoms with Crippen molar-refractivity contribution in [3.8, 4) is 0 Å². The zero-order valence-electron chi connectivity index (χ0n) is 14.9. The third-order valence-electron chi connectivity index (χ3n) is 4.64. The first-order valence-corrected chi connectivity index (χ1v) is 8.49. The van der Waals surface area contributed by atoms with Gasteiger partial charge in [-0.15, -0.1) is 0 Å². The summed E-state index contributed by atoms with van der Waals surface area (Å²) in [6.45, 7) is 13.6. The van der Waals surface area contributed by atoms with Gasteiger partial charge in [-0.3, -0.25) is 4.40 Å². The van der Waals surface area contributed by atoms with Gasteiger partial charge in [0.25, 0.3) is 0 Å². The van der Waals surface area contributed by atoms with E-state index in [1.54, 1.807) is 0 Å². The highest BCUT2D eigenvalue weighted by atomic mass is 16.5. The van der Waals surface area contributed by atoms with Crippen LogP contribution in [0.25, 0.3) is 5.78 Å². The minimum Gasteiger partial charge on any atom is -0.377 e. The topological polar surface area (TPSA) is 51.5 Å². The molecule has 5 nitrogen and oxygen atoms in total. The number of rotatable bonds is 4. The highest BCUT2D eigenvalue weighted by molar-refractivity contribution is 5.35. The van der Waals surface area contributed by atoms with E-state index in [-0.39, 0.29) is 5.41 Å². The van der Waals surface area contributed by atoms with Crippen molar-refractivity contribution in [2.45, 2.75) is 53.7 Å². The number of hydrogen-bond acceptors (Lipinski definition) is 4. The van der Waals surface area contributed by atoms with E-state index in [9.17, 15) is 0 Å². The lowest BCUT2D eigenvalue weighted by atomic mass is 9.81. The van der Waals surface area contributed by atoms with E-state index in [1.165, 1.54) is 5.69 Å².